The van der Waals surface area contributed by atoms with E-state index in [1.807, 2.05) is 12.1 Å². The van der Waals surface area contributed by atoms with Crippen molar-refractivity contribution in [3.05, 3.63) is 22.7 Å². The monoisotopic (exact) mass is 311 g/mol. The highest BCUT2D eigenvalue weighted by molar-refractivity contribution is 6.32. The molecule has 1 aliphatic heterocycles. The van der Waals surface area contributed by atoms with E-state index in [4.69, 9.17) is 21.1 Å². The van der Waals surface area contributed by atoms with Gasteiger partial charge in [-0.25, -0.2) is 0 Å². The van der Waals surface area contributed by atoms with Gasteiger partial charge in [-0.05, 0) is 35.6 Å². The number of ether oxygens (including phenoxy) is 2. The molecule has 0 radical (unpaired) electrons. The van der Waals surface area contributed by atoms with Crippen molar-refractivity contribution in [3.63, 3.8) is 0 Å². The Labute approximate surface area is 133 Å². The Bertz CT molecular complexity index is 482. The smallest absolute Gasteiger partial charge is 0.179 e. The van der Waals surface area contributed by atoms with Gasteiger partial charge in [-0.2, -0.15) is 0 Å². The molecule has 1 aliphatic rings. The van der Waals surface area contributed by atoms with Crippen LogP contribution < -0.4 is 14.8 Å². The Morgan fingerprint density at radius 3 is 2.67 bits per heavy atom. The van der Waals surface area contributed by atoms with Gasteiger partial charge in [0.25, 0.3) is 0 Å². The molecule has 1 N–H and O–H groups in total. The van der Waals surface area contributed by atoms with E-state index in [1.165, 1.54) is 0 Å². The molecule has 0 aliphatic carbocycles. The normalized spacial score (nSPS) is 16.4. The van der Waals surface area contributed by atoms with Gasteiger partial charge >= 0.3 is 0 Å². The van der Waals surface area contributed by atoms with Gasteiger partial charge < -0.3 is 14.8 Å². The van der Waals surface area contributed by atoms with Crippen LogP contribution in [0.3, 0.4) is 0 Å². The maximum absolute atomic E-state index is 6.30. The van der Waals surface area contributed by atoms with Crippen LogP contribution in [-0.4, -0.2) is 19.8 Å². The first-order valence-corrected chi connectivity index (χ1v) is 8.04. The van der Waals surface area contributed by atoms with Crippen LogP contribution in [-0.2, 0) is 6.54 Å². The van der Waals surface area contributed by atoms with Crippen LogP contribution in [0.2, 0.25) is 5.02 Å². The minimum Gasteiger partial charge on any atom is -0.489 e. The van der Waals surface area contributed by atoms with Crippen molar-refractivity contribution in [1.29, 1.82) is 0 Å². The summed E-state index contributed by atoms with van der Waals surface area (Å²) in [4.78, 5) is 0. The number of hydrogen-bond acceptors (Lipinski definition) is 3. The number of nitrogens with one attached hydrogen (secondary N) is 1. The first-order valence-electron chi connectivity index (χ1n) is 7.66. The van der Waals surface area contributed by atoms with Gasteiger partial charge in [-0.15, -0.1) is 0 Å². The summed E-state index contributed by atoms with van der Waals surface area (Å²) in [7, 11) is 0. The molecule has 0 saturated carbocycles. The molecule has 0 saturated heterocycles. The third-order valence-electron chi connectivity index (χ3n) is 4.12. The lowest BCUT2D eigenvalue weighted by molar-refractivity contribution is 0.252. The average molecular weight is 312 g/mol. The molecule has 21 heavy (non-hydrogen) atoms. The Hall–Kier alpha value is -0.930. The molecule has 3 nitrogen and oxygen atoms in total. The Morgan fingerprint density at radius 1 is 1.24 bits per heavy atom. The van der Waals surface area contributed by atoms with Gasteiger partial charge in [0.2, 0.25) is 0 Å². The van der Waals surface area contributed by atoms with Crippen molar-refractivity contribution in [1.82, 2.24) is 5.32 Å². The summed E-state index contributed by atoms with van der Waals surface area (Å²) in [5.41, 5.74) is 1.44. The standard InChI is InChI=1S/C17H26ClNO2/c1-12(17(2,3)4)10-19-11-13-8-14(18)16-15(9-13)20-6-5-7-21-16/h8-9,12,19H,5-7,10-11H2,1-4H3. The van der Waals surface area contributed by atoms with E-state index in [-0.39, 0.29) is 0 Å². The molecule has 1 aromatic carbocycles. The molecule has 1 atom stereocenters. The predicted octanol–water partition coefficient (Wildman–Crippen LogP) is 4.27. The minimum absolute atomic E-state index is 0.315. The maximum atomic E-state index is 6.30. The fourth-order valence-electron chi connectivity index (χ4n) is 2.13. The summed E-state index contributed by atoms with van der Waals surface area (Å²) in [6, 6.07) is 3.99. The van der Waals surface area contributed by atoms with Crippen LogP contribution in [0.5, 0.6) is 11.5 Å². The molecule has 118 valence electrons. The molecular formula is C17H26ClNO2. The van der Waals surface area contributed by atoms with E-state index in [0.717, 1.165) is 30.8 Å². The zero-order valence-corrected chi connectivity index (χ0v) is 14.2. The zero-order chi connectivity index (χ0) is 15.5. The summed E-state index contributed by atoms with van der Waals surface area (Å²) >= 11 is 6.30. The Balaban J connectivity index is 1.98. The fourth-order valence-corrected chi connectivity index (χ4v) is 2.41. The van der Waals surface area contributed by atoms with E-state index in [9.17, 15) is 0 Å². The fraction of sp³-hybridized carbons (Fsp3) is 0.647. The molecule has 0 fully saturated rings. The topological polar surface area (TPSA) is 30.5 Å². The van der Waals surface area contributed by atoms with Crippen molar-refractivity contribution >= 4 is 11.6 Å². The van der Waals surface area contributed by atoms with Crippen LogP contribution in [0.25, 0.3) is 0 Å². The maximum Gasteiger partial charge on any atom is 0.179 e. The highest BCUT2D eigenvalue weighted by atomic mass is 35.5. The molecule has 2 rings (SSSR count). The summed E-state index contributed by atoms with van der Waals surface area (Å²) in [5, 5.41) is 4.14. The van der Waals surface area contributed by atoms with Crippen molar-refractivity contribution in [3.8, 4) is 11.5 Å². The zero-order valence-electron chi connectivity index (χ0n) is 13.5. The summed E-state index contributed by atoms with van der Waals surface area (Å²) in [6.07, 6.45) is 0.891. The highest BCUT2D eigenvalue weighted by Gasteiger charge is 2.19. The van der Waals surface area contributed by atoms with Crippen molar-refractivity contribution in [2.24, 2.45) is 11.3 Å². The van der Waals surface area contributed by atoms with E-state index >= 15 is 0 Å². The van der Waals surface area contributed by atoms with Crippen molar-refractivity contribution < 1.29 is 9.47 Å². The molecule has 1 aromatic rings. The second kappa shape index (κ2) is 6.89. The first kappa shape index (κ1) is 16.4. The van der Waals surface area contributed by atoms with Crippen LogP contribution in [0.1, 0.15) is 39.7 Å². The number of hydrogen-bond donors (Lipinski definition) is 1. The molecular weight excluding hydrogens is 286 g/mol. The second-order valence-electron chi connectivity index (χ2n) is 6.85. The average Bonchev–Trinajstić information content (AvgIpc) is 2.63. The van der Waals surface area contributed by atoms with Crippen LogP contribution >= 0.6 is 11.6 Å². The lowest BCUT2D eigenvalue weighted by Crippen LogP contribution is -2.29. The van der Waals surface area contributed by atoms with Crippen LogP contribution in [0.4, 0.5) is 0 Å². The summed E-state index contributed by atoms with van der Waals surface area (Å²) < 4.78 is 11.4. The number of fused-ring (bicyclic) bond motifs is 1. The van der Waals surface area contributed by atoms with E-state index in [1.54, 1.807) is 0 Å². The Morgan fingerprint density at radius 2 is 1.95 bits per heavy atom. The van der Waals surface area contributed by atoms with Crippen LogP contribution in [0, 0.1) is 11.3 Å². The lowest BCUT2D eigenvalue weighted by Gasteiger charge is -2.27. The summed E-state index contributed by atoms with van der Waals surface area (Å²) in [6.45, 7) is 12.2. The van der Waals surface area contributed by atoms with Gasteiger partial charge in [0.15, 0.2) is 11.5 Å². The molecule has 4 heteroatoms. The van der Waals surface area contributed by atoms with Gasteiger partial charge in [0.05, 0.1) is 18.2 Å². The SMILES string of the molecule is CC(CNCc1cc(Cl)c2c(c1)OCCCO2)C(C)(C)C. The molecule has 0 aromatic heterocycles. The van der Waals surface area contributed by atoms with E-state index in [2.05, 4.69) is 33.0 Å². The predicted molar refractivity (Wildman–Crippen MR) is 87.4 cm³/mol. The van der Waals surface area contributed by atoms with Gasteiger partial charge in [-0.1, -0.05) is 39.3 Å². The van der Waals surface area contributed by atoms with Crippen molar-refractivity contribution in [2.45, 2.75) is 40.7 Å². The molecule has 1 heterocycles. The van der Waals surface area contributed by atoms with Crippen molar-refractivity contribution in [2.75, 3.05) is 19.8 Å². The largest absolute Gasteiger partial charge is 0.489 e. The number of benzene rings is 1. The Kier molecular flexibility index (Phi) is 5.39. The molecule has 0 spiro atoms. The molecule has 1 unspecified atom stereocenters. The van der Waals surface area contributed by atoms with Gasteiger partial charge in [0, 0.05) is 13.0 Å². The molecule has 0 bridgehead atoms. The minimum atomic E-state index is 0.315. The summed E-state index contributed by atoms with van der Waals surface area (Å²) in [5.74, 6) is 2.05. The molecule has 0 amide bonds. The quantitative estimate of drug-likeness (QED) is 0.900. The lowest BCUT2D eigenvalue weighted by atomic mass is 9.82. The first-order chi connectivity index (χ1) is 9.88. The second-order valence-corrected chi connectivity index (χ2v) is 7.26. The van der Waals surface area contributed by atoms with E-state index < -0.39 is 0 Å². The van der Waals surface area contributed by atoms with Gasteiger partial charge in [-0.3, -0.25) is 0 Å². The number of rotatable bonds is 4. The number of halogens is 1. The van der Waals surface area contributed by atoms with Crippen LogP contribution in [0.15, 0.2) is 12.1 Å². The van der Waals surface area contributed by atoms with E-state index in [0.29, 0.717) is 35.3 Å². The third-order valence-corrected chi connectivity index (χ3v) is 4.40. The highest BCUT2D eigenvalue weighted by Crippen LogP contribution is 2.38. The third kappa shape index (κ3) is 4.52. The van der Waals surface area contributed by atoms with Gasteiger partial charge in [0.1, 0.15) is 0 Å².